The molecule has 0 saturated carbocycles. The molecular weight excluding hydrogens is 418 g/mol. The molecule has 7 heteroatoms. The number of anilines is 2. The zero-order chi connectivity index (χ0) is 23.6. The largest absolute Gasteiger partial charge is 0.397 e. The molecule has 33 heavy (non-hydrogen) atoms. The number of hydrogen-bond acceptors (Lipinski definition) is 6. The Morgan fingerprint density at radius 1 is 0.697 bits per heavy atom. The maximum atomic E-state index is 13.3. The van der Waals surface area contributed by atoms with Gasteiger partial charge >= 0.3 is 0 Å². The van der Waals surface area contributed by atoms with E-state index >= 15 is 0 Å². The summed E-state index contributed by atoms with van der Waals surface area (Å²) in [6.45, 7) is 4.21. The third-order valence-electron chi connectivity index (χ3n) is 6.12. The summed E-state index contributed by atoms with van der Waals surface area (Å²) in [5, 5.41) is -0.132. The van der Waals surface area contributed by atoms with Crippen molar-refractivity contribution < 1.29 is 0 Å². The first-order chi connectivity index (χ1) is 15.7. The van der Waals surface area contributed by atoms with Gasteiger partial charge < -0.3 is 11.5 Å². The van der Waals surface area contributed by atoms with E-state index < -0.39 is 22.0 Å². The number of aromatic nitrogens is 1. The monoisotopic (exact) mass is 439 g/mol. The highest BCUT2D eigenvalue weighted by Gasteiger charge is 2.25. The Labute approximate surface area is 187 Å². The lowest BCUT2D eigenvalue weighted by atomic mass is 9.97. The van der Waals surface area contributed by atoms with Crippen molar-refractivity contribution in [1.29, 1.82) is 0 Å². The quantitative estimate of drug-likeness (QED) is 0.253. The third kappa shape index (κ3) is 2.82. The second-order valence-electron chi connectivity index (χ2n) is 8.74. The van der Waals surface area contributed by atoms with Crippen molar-refractivity contribution >= 4 is 43.7 Å². The van der Waals surface area contributed by atoms with Gasteiger partial charge in [-0.05, 0) is 30.0 Å². The van der Waals surface area contributed by atoms with E-state index in [-0.39, 0.29) is 43.7 Å². The molecule has 5 rings (SSSR count). The van der Waals surface area contributed by atoms with Crippen molar-refractivity contribution in [2.45, 2.75) is 20.3 Å². The summed E-state index contributed by atoms with van der Waals surface area (Å²) in [6, 6.07) is 13.4. The van der Waals surface area contributed by atoms with Gasteiger partial charge in [-0.15, -0.1) is 0 Å². The van der Waals surface area contributed by atoms with Crippen molar-refractivity contribution in [2.24, 2.45) is 5.92 Å². The molecule has 0 aliphatic carbocycles. The summed E-state index contributed by atoms with van der Waals surface area (Å²) < 4.78 is 0.990. The van der Waals surface area contributed by atoms with Gasteiger partial charge in [0.2, 0.25) is 0 Å². The molecule has 0 bridgehead atoms. The van der Waals surface area contributed by atoms with E-state index in [0.29, 0.717) is 11.6 Å². The SMILES string of the molecule is CC(C)Cc1ccc(-n2c(=O)c3c(N)c4c(=O)c5ccccc5c(=O)c4c(N)c3c2=O)cc1. The predicted octanol–water partition coefficient (Wildman–Crippen LogP) is 2.62. The summed E-state index contributed by atoms with van der Waals surface area (Å²) in [7, 11) is 0. The van der Waals surface area contributed by atoms with Crippen LogP contribution in [0.1, 0.15) is 19.4 Å². The zero-order valence-corrected chi connectivity index (χ0v) is 18.1. The summed E-state index contributed by atoms with van der Waals surface area (Å²) in [5.74, 6) is 0.459. The van der Waals surface area contributed by atoms with Crippen LogP contribution in [0, 0.1) is 5.92 Å². The van der Waals surface area contributed by atoms with Gasteiger partial charge in [0.1, 0.15) is 0 Å². The van der Waals surface area contributed by atoms with E-state index in [2.05, 4.69) is 13.8 Å². The average molecular weight is 439 g/mol. The van der Waals surface area contributed by atoms with Crippen LogP contribution in [0.2, 0.25) is 0 Å². The highest BCUT2D eigenvalue weighted by molar-refractivity contribution is 6.20. The molecule has 0 saturated heterocycles. The van der Waals surface area contributed by atoms with Crippen LogP contribution in [-0.4, -0.2) is 4.57 Å². The van der Waals surface area contributed by atoms with Crippen LogP contribution >= 0.6 is 0 Å². The van der Waals surface area contributed by atoms with Crippen LogP contribution in [0.5, 0.6) is 0 Å². The fourth-order valence-electron chi connectivity index (χ4n) is 4.66. The Morgan fingerprint density at radius 3 is 1.58 bits per heavy atom. The molecule has 0 aliphatic heterocycles. The molecule has 4 aromatic carbocycles. The van der Waals surface area contributed by atoms with Crippen molar-refractivity contribution in [3.05, 3.63) is 95.2 Å². The lowest BCUT2D eigenvalue weighted by Crippen LogP contribution is -2.23. The minimum atomic E-state index is -0.669. The van der Waals surface area contributed by atoms with E-state index in [0.717, 1.165) is 16.6 Å². The van der Waals surface area contributed by atoms with E-state index in [1.54, 1.807) is 24.3 Å². The molecule has 4 N–H and O–H groups in total. The molecule has 0 spiro atoms. The summed E-state index contributed by atoms with van der Waals surface area (Å²) in [5.41, 5.74) is 11.3. The molecule has 0 radical (unpaired) electrons. The first-order valence-electron chi connectivity index (χ1n) is 10.6. The maximum Gasteiger partial charge on any atom is 0.268 e. The van der Waals surface area contributed by atoms with Crippen LogP contribution in [0.25, 0.3) is 38.0 Å². The van der Waals surface area contributed by atoms with E-state index in [9.17, 15) is 19.2 Å². The summed E-state index contributed by atoms with van der Waals surface area (Å²) >= 11 is 0. The topological polar surface area (TPSA) is 125 Å². The third-order valence-corrected chi connectivity index (χ3v) is 6.12. The normalized spacial score (nSPS) is 11.8. The van der Waals surface area contributed by atoms with Crippen LogP contribution < -0.4 is 33.4 Å². The van der Waals surface area contributed by atoms with Crippen LogP contribution in [0.3, 0.4) is 0 Å². The Kier molecular flexibility index (Phi) is 4.46. The van der Waals surface area contributed by atoms with Crippen molar-refractivity contribution in [3.8, 4) is 5.69 Å². The van der Waals surface area contributed by atoms with E-state index in [4.69, 9.17) is 11.5 Å². The fourth-order valence-corrected chi connectivity index (χ4v) is 4.66. The van der Waals surface area contributed by atoms with Crippen LogP contribution in [0.4, 0.5) is 11.4 Å². The van der Waals surface area contributed by atoms with Gasteiger partial charge in [-0.2, -0.15) is 0 Å². The molecule has 164 valence electrons. The number of nitrogen functional groups attached to an aromatic ring is 2. The lowest BCUT2D eigenvalue weighted by molar-refractivity contribution is 0.647. The van der Waals surface area contributed by atoms with Gasteiger partial charge in [0.05, 0.1) is 38.6 Å². The Bertz CT molecular complexity index is 1700. The van der Waals surface area contributed by atoms with Gasteiger partial charge in [-0.3, -0.25) is 19.2 Å². The number of nitrogens with two attached hydrogens (primary N) is 2. The molecular formula is C26H21N3O4. The molecule has 0 amide bonds. The number of hydrogen-bond donors (Lipinski definition) is 2. The van der Waals surface area contributed by atoms with Gasteiger partial charge in [-0.1, -0.05) is 50.2 Å². The van der Waals surface area contributed by atoms with Gasteiger partial charge in [0.15, 0.2) is 10.9 Å². The first kappa shape index (κ1) is 20.6. The van der Waals surface area contributed by atoms with Crippen molar-refractivity contribution in [3.63, 3.8) is 0 Å². The van der Waals surface area contributed by atoms with Crippen molar-refractivity contribution in [2.75, 3.05) is 11.5 Å². The molecule has 0 atom stereocenters. The summed E-state index contributed by atoms with van der Waals surface area (Å²) in [6.07, 6.45) is 0.861. The zero-order valence-electron chi connectivity index (χ0n) is 18.1. The van der Waals surface area contributed by atoms with Crippen molar-refractivity contribution in [1.82, 2.24) is 4.57 Å². The minimum absolute atomic E-state index is 0.120. The van der Waals surface area contributed by atoms with E-state index in [1.165, 1.54) is 12.1 Å². The maximum absolute atomic E-state index is 13.3. The second-order valence-corrected chi connectivity index (χ2v) is 8.74. The van der Waals surface area contributed by atoms with E-state index in [1.807, 2.05) is 12.1 Å². The Hall–Kier alpha value is -4.26. The van der Waals surface area contributed by atoms with Gasteiger partial charge in [0, 0.05) is 10.8 Å². The molecule has 1 aromatic heterocycles. The minimum Gasteiger partial charge on any atom is -0.397 e. The predicted molar refractivity (Wildman–Crippen MR) is 133 cm³/mol. The molecule has 1 heterocycles. The van der Waals surface area contributed by atoms with Gasteiger partial charge in [-0.25, -0.2) is 4.57 Å². The number of benzene rings is 4. The van der Waals surface area contributed by atoms with Crippen LogP contribution in [0.15, 0.2) is 67.7 Å². The molecule has 0 fully saturated rings. The highest BCUT2D eigenvalue weighted by Crippen LogP contribution is 2.31. The standard InChI is InChI=1S/C26H21N3O4/c1-12(2)11-13-7-9-14(10-8-13)29-25(32)19-20(26(29)33)22(28)18-17(21(19)27)23(30)15-5-3-4-6-16(15)24(18)31/h3-10,12H,11,27-28H2,1-2H3. The number of fused-ring (bicyclic) bond motifs is 3. The van der Waals surface area contributed by atoms with Gasteiger partial charge in [0.25, 0.3) is 11.1 Å². The Balaban J connectivity index is 1.92. The average Bonchev–Trinajstić information content (AvgIpc) is 3.05. The second kappa shape index (κ2) is 7.13. The smallest absolute Gasteiger partial charge is 0.268 e. The fraction of sp³-hybridized carbons (Fsp3) is 0.154. The Morgan fingerprint density at radius 2 is 1.15 bits per heavy atom. The molecule has 7 nitrogen and oxygen atoms in total. The molecule has 0 unspecified atom stereocenters. The molecule has 0 aliphatic rings. The van der Waals surface area contributed by atoms with Crippen LogP contribution in [-0.2, 0) is 6.42 Å². The lowest BCUT2D eigenvalue weighted by Gasteiger charge is -2.07. The first-order valence-corrected chi connectivity index (χ1v) is 10.6. The highest BCUT2D eigenvalue weighted by atomic mass is 16.2. The summed E-state index contributed by atoms with van der Waals surface area (Å²) in [4.78, 5) is 53.1. The molecule has 5 aromatic rings. The number of rotatable bonds is 3. The number of nitrogens with zero attached hydrogens (tertiary/aromatic N) is 1.